The second-order valence-electron chi connectivity index (χ2n) is 7.24. The van der Waals surface area contributed by atoms with E-state index in [0.29, 0.717) is 0 Å². The molecule has 0 aromatic heterocycles. The molecule has 0 fully saturated rings. The van der Waals surface area contributed by atoms with Crippen molar-refractivity contribution >= 4 is 12.4 Å². The topological polar surface area (TPSA) is 15.6 Å². The molecule has 0 spiro atoms. The first-order valence-electron chi connectivity index (χ1n) is 10.6. The predicted octanol–water partition coefficient (Wildman–Crippen LogP) is 6.84. The minimum atomic E-state index is -0.382. The highest BCUT2D eigenvalue weighted by Crippen LogP contribution is 2.43. The summed E-state index contributed by atoms with van der Waals surface area (Å²) in [6.07, 6.45) is 7.31. The third-order valence-electron chi connectivity index (χ3n) is 5.62. The van der Waals surface area contributed by atoms with Crippen LogP contribution >= 0.6 is 0 Å². The maximum absolute atomic E-state index is 4.81. The summed E-state index contributed by atoms with van der Waals surface area (Å²) in [4.78, 5) is 7.24. The van der Waals surface area contributed by atoms with E-state index in [2.05, 4.69) is 87.0 Å². The van der Waals surface area contributed by atoms with Gasteiger partial charge in [-0.1, -0.05) is 87.6 Å². The van der Waals surface area contributed by atoms with Crippen LogP contribution in [0.2, 0.25) is 0 Å². The van der Waals surface area contributed by atoms with Gasteiger partial charge in [0, 0.05) is 24.3 Å². The number of hydrogen-bond donors (Lipinski definition) is 0. The van der Waals surface area contributed by atoms with E-state index in [4.69, 9.17) is 4.99 Å². The van der Waals surface area contributed by atoms with Gasteiger partial charge in [-0.05, 0) is 38.6 Å². The van der Waals surface area contributed by atoms with Gasteiger partial charge in [0.2, 0.25) is 0 Å². The van der Waals surface area contributed by atoms with Crippen LogP contribution < -0.4 is 4.90 Å². The summed E-state index contributed by atoms with van der Waals surface area (Å²) in [5.74, 6) is 0. The normalized spacial score (nSPS) is 13.1. The largest absolute Gasteiger partial charge is 0.372 e. The van der Waals surface area contributed by atoms with E-state index >= 15 is 0 Å². The van der Waals surface area contributed by atoms with Gasteiger partial charge < -0.3 is 4.90 Å². The van der Waals surface area contributed by atoms with Crippen LogP contribution in [0.25, 0.3) is 0 Å². The first kappa shape index (κ1) is 21.2. The number of aliphatic imine (C=N–C) groups is 1. The molecule has 0 saturated carbocycles. The molecule has 0 radical (unpaired) electrons. The Hall–Kier alpha value is -2.09. The minimum absolute atomic E-state index is 0.382. The third kappa shape index (κ3) is 5.00. The second-order valence-corrected chi connectivity index (χ2v) is 7.24. The number of rotatable bonds is 12. The van der Waals surface area contributed by atoms with Gasteiger partial charge in [-0.3, -0.25) is 4.99 Å². The zero-order valence-electron chi connectivity index (χ0n) is 17.5. The molecule has 0 aliphatic carbocycles. The van der Waals surface area contributed by atoms with Crippen LogP contribution in [0.5, 0.6) is 0 Å². The molecule has 2 heteroatoms. The van der Waals surface area contributed by atoms with Crippen LogP contribution in [0.3, 0.4) is 0 Å². The monoisotopic (exact) mass is 364 g/mol. The molecule has 2 aromatic rings. The van der Waals surface area contributed by atoms with Crippen molar-refractivity contribution in [1.29, 1.82) is 0 Å². The average molecular weight is 365 g/mol. The van der Waals surface area contributed by atoms with Gasteiger partial charge in [0.15, 0.2) is 0 Å². The standard InChI is InChI=1S/C25H36N2/c1-5-8-9-10-16-21-25(26-4,22-17-12-11-13-18-22)23-19-14-15-20-24(23)27(6-2)7-3/h11-15,17-20H,4-10,16,21H2,1-3H3. The molecule has 1 unspecified atom stereocenters. The van der Waals surface area contributed by atoms with Gasteiger partial charge in [0.25, 0.3) is 0 Å². The predicted molar refractivity (Wildman–Crippen MR) is 120 cm³/mol. The molecule has 146 valence electrons. The van der Waals surface area contributed by atoms with Crippen LogP contribution in [0.1, 0.15) is 70.4 Å². The van der Waals surface area contributed by atoms with Crippen molar-refractivity contribution in [3.63, 3.8) is 0 Å². The number of benzene rings is 2. The van der Waals surface area contributed by atoms with Crippen LogP contribution in [0.4, 0.5) is 5.69 Å². The molecule has 0 aliphatic heterocycles. The van der Waals surface area contributed by atoms with Crippen molar-refractivity contribution in [1.82, 2.24) is 0 Å². The summed E-state index contributed by atoms with van der Waals surface area (Å²) < 4.78 is 0. The molecular formula is C25H36N2. The van der Waals surface area contributed by atoms with E-state index in [9.17, 15) is 0 Å². The lowest BCUT2D eigenvalue weighted by Gasteiger charge is -2.35. The fourth-order valence-corrected chi connectivity index (χ4v) is 4.05. The summed E-state index contributed by atoms with van der Waals surface area (Å²) in [7, 11) is 0. The van der Waals surface area contributed by atoms with Crippen molar-refractivity contribution in [2.24, 2.45) is 4.99 Å². The van der Waals surface area contributed by atoms with E-state index in [1.54, 1.807) is 0 Å². The Morgan fingerprint density at radius 1 is 0.815 bits per heavy atom. The van der Waals surface area contributed by atoms with Crippen molar-refractivity contribution in [2.75, 3.05) is 18.0 Å². The zero-order chi connectivity index (χ0) is 19.5. The van der Waals surface area contributed by atoms with Crippen molar-refractivity contribution in [3.8, 4) is 0 Å². The third-order valence-corrected chi connectivity index (χ3v) is 5.62. The molecule has 0 bridgehead atoms. The van der Waals surface area contributed by atoms with Gasteiger partial charge in [-0.25, -0.2) is 0 Å². The smallest absolute Gasteiger partial charge is 0.112 e. The van der Waals surface area contributed by atoms with Gasteiger partial charge in [-0.2, -0.15) is 0 Å². The van der Waals surface area contributed by atoms with E-state index in [0.717, 1.165) is 19.5 Å². The minimum Gasteiger partial charge on any atom is -0.372 e. The van der Waals surface area contributed by atoms with E-state index in [-0.39, 0.29) is 5.54 Å². The highest BCUT2D eigenvalue weighted by atomic mass is 15.1. The molecule has 27 heavy (non-hydrogen) atoms. The zero-order valence-corrected chi connectivity index (χ0v) is 17.5. The van der Waals surface area contributed by atoms with Gasteiger partial charge in [-0.15, -0.1) is 0 Å². The molecule has 2 aromatic carbocycles. The molecule has 0 heterocycles. The van der Waals surface area contributed by atoms with Gasteiger partial charge in [0.05, 0.1) is 0 Å². The fraction of sp³-hybridized carbons (Fsp3) is 0.480. The number of para-hydroxylation sites is 1. The molecule has 2 nitrogen and oxygen atoms in total. The first-order chi connectivity index (χ1) is 13.2. The van der Waals surface area contributed by atoms with Crippen molar-refractivity contribution in [3.05, 3.63) is 65.7 Å². The van der Waals surface area contributed by atoms with E-state index in [1.165, 1.54) is 48.9 Å². The molecule has 1 atom stereocenters. The Morgan fingerprint density at radius 3 is 2.07 bits per heavy atom. The lowest BCUT2D eigenvalue weighted by molar-refractivity contribution is 0.459. The lowest BCUT2D eigenvalue weighted by Crippen LogP contribution is -2.31. The Labute approximate surface area is 166 Å². The quantitative estimate of drug-likeness (QED) is 0.297. The van der Waals surface area contributed by atoms with Crippen LogP contribution in [0, 0.1) is 0 Å². The van der Waals surface area contributed by atoms with E-state index in [1.807, 2.05) is 0 Å². The maximum Gasteiger partial charge on any atom is 0.112 e. The second kappa shape index (κ2) is 10.9. The highest BCUT2D eigenvalue weighted by molar-refractivity contribution is 5.60. The van der Waals surface area contributed by atoms with Gasteiger partial charge >= 0.3 is 0 Å². The fourth-order valence-electron chi connectivity index (χ4n) is 4.05. The van der Waals surface area contributed by atoms with Crippen molar-refractivity contribution in [2.45, 2.75) is 64.8 Å². The Balaban J connectivity index is 2.48. The number of nitrogens with zero attached hydrogens (tertiary/aromatic N) is 2. The van der Waals surface area contributed by atoms with E-state index < -0.39 is 0 Å². The molecular weight excluding hydrogens is 328 g/mol. The molecule has 0 amide bonds. The Kier molecular flexibility index (Phi) is 8.57. The summed E-state index contributed by atoms with van der Waals surface area (Å²) >= 11 is 0. The lowest BCUT2D eigenvalue weighted by atomic mass is 9.78. The maximum atomic E-state index is 4.81. The highest BCUT2D eigenvalue weighted by Gasteiger charge is 2.35. The van der Waals surface area contributed by atoms with Crippen LogP contribution in [0.15, 0.2) is 59.6 Å². The van der Waals surface area contributed by atoms with Gasteiger partial charge in [0.1, 0.15) is 5.54 Å². The average Bonchev–Trinajstić information content (AvgIpc) is 2.73. The number of hydrogen-bond acceptors (Lipinski definition) is 2. The Bertz CT molecular complexity index is 676. The number of unbranched alkanes of at least 4 members (excludes halogenated alkanes) is 4. The molecule has 2 rings (SSSR count). The molecule has 0 N–H and O–H groups in total. The van der Waals surface area contributed by atoms with Crippen LogP contribution in [-0.2, 0) is 5.54 Å². The molecule has 0 saturated heterocycles. The summed E-state index contributed by atoms with van der Waals surface area (Å²) in [6, 6.07) is 19.5. The number of anilines is 1. The first-order valence-corrected chi connectivity index (χ1v) is 10.6. The molecule has 0 aliphatic rings. The van der Waals surface area contributed by atoms with Crippen LogP contribution in [-0.4, -0.2) is 19.8 Å². The summed E-state index contributed by atoms with van der Waals surface area (Å²) in [5, 5.41) is 0. The summed E-state index contributed by atoms with van der Waals surface area (Å²) in [5.41, 5.74) is 3.43. The SMILES string of the molecule is C=NC(CCCCCCC)(c1ccccc1)c1ccccc1N(CC)CC. The van der Waals surface area contributed by atoms with Crippen molar-refractivity contribution < 1.29 is 0 Å². The Morgan fingerprint density at radius 2 is 1.44 bits per heavy atom. The summed E-state index contributed by atoms with van der Waals surface area (Å²) in [6.45, 7) is 12.8.